The van der Waals surface area contributed by atoms with E-state index in [2.05, 4.69) is 24.3 Å². The monoisotopic (exact) mass is 327 g/mol. The van der Waals surface area contributed by atoms with Crippen molar-refractivity contribution < 1.29 is 4.79 Å². The summed E-state index contributed by atoms with van der Waals surface area (Å²) in [7, 11) is 0. The fourth-order valence-electron chi connectivity index (χ4n) is 3.28. The number of carbonyl (C=O) groups excluding carboxylic acids is 1. The molecule has 1 unspecified atom stereocenters. The zero-order chi connectivity index (χ0) is 16.1. The van der Waals surface area contributed by atoms with Crippen LogP contribution in [0.25, 0.3) is 0 Å². The van der Waals surface area contributed by atoms with Crippen LogP contribution < -0.4 is 0 Å². The van der Waals surface area contributed by atoms with Crippen molar-refractivity contribution >= 4 is 17.5 Å². The second-order valence-corrected chi connectivity index (χ2v) is 6.62. The van der Waals surface area contributed by atoms with E-state index >= 15 is 0 Å². The molecule has 1 aliphatic heterocycles. The van der Waals surface area contributed by atoms with E-state index in [1.54, 1.807) is 0 Å². The van der Waals surface area contributed by atoms with Gasteiger partial charge in [-0.2, -0.15) is 0 Å². The lowest BCUT2D eigenvalue weighted by atomic mass is 9.94. The van der Waals surface area contributed by atoms with E-state index in [1.807, 2.05) is 35.2 Å². The first-order valence-corrected chi connectivity index (χ1v) is 8.68. The molecule has 0 bridgehead atoms. The molecule has 3 heteroatoms. The van der Waals surface area contributed by atoms with Gasteiger partial charge in [-0.25, -0.2) is 0 Å². The Morgan fingerprint density at radius 3 is 2.57 bits per heavy atom. The Bertz CT molecular complexity index is 656. The molecule has 0 radical (unpaired) electrons. The predicted molar refractivity (Wildman–Crippen MR) is 94.8 cm³/mol. The molecule has 2 aromatic carbocycles. The summed E-state index contributed by atoms with van der Waals surface area (Å²) >= 11 is 6.19. The predicted octanol–water partition coefficient (Wildman–Crippen LogP) is 4.68. The molecule has 2 aromatic rings. The van der Waals surface area contributed by atoms with E-state index in [-0.39, 0.29) is 5.91 Å². The van der Waals surface area contributed by atoms with Crippen molar-refractivity contribution in [1.29, 1.82) is 0 Å². The summed E-state index contributed by atoms with van der Waals surface area (Å²) in [6.45, 7) is 1.67. The summed E-state index contributed by atoms with van der Waals surface area (Å²) in [5, 5.41) is 0.676. The third-order valence-electron chi connectivity index (χ3n) is 4.59. The van der Waals surface area contributed by atoms with Gasteiger partial charge in [-0.05, 0) is 30.0 Å². The fraction of sp³-hybridized carbons (Fsp3) is 0.350. The molecule has 1 amide bonds. The average Bonchev–Trinajstić information content (AvgIpc) is 2.84. The molecular formula is C20H22ClNO. The van der Waals surface area contributed by atoms with Crippen LogP contribution in [0.4, 0.5) is 0 Å². The van der Waals surface area contributed by atoms with Gasteiger partial charge in [0.25, 0.3) is 0 Å². The van der Waals surface area contributed by atoms with Crippen molar-refractivity contribution in [1.82, 2.24) is 4.90 Å². The lowest BCUT2D eigenvalue weighted by Crippen LogP contribution is -2.35. The molecule has 0 saturated carbocycles. The molecule has 120 valence electrons. The van der Waals surface area contributed by atoms with Crippen LogP contribution in [0.1, 0.15) is 36.3 Å². The van der Waals surface area contributed by atoms with Crippen LogP contribution in [-0.4, -0.2) is 23.9 Å². The number of likely N-dealkylation sites (tertiary alicyclic amines) is 1. The van der Waals surface area contributed by atoms with Gasteiger partial charge in [0.2, 0.25) is 5.91 Å². The van der Waals surface area contributed by atoms with Crippen LogP contribution in [0.2, 0.25) is 5.02 Å². The summed E-state index contributed by atoms with van der Waals surface area (Å²) in [6, 6.07) is 18.2. The highest BCUT2D eigenvalue weighted by molar-refractivity contribution is 6.31. The smallest absolute Gasteiger partial charge is 0.227 e. The minimum Gasteiger partial charge on any atom is -0.342 e. The van der Waals surface area contributed by atoms with Crippen LogP contribution in [0.15, 0.2) is 54.6 Å². The van der Waals surface area contributed by atoms with Gasteiger partial charge >= 0.3 is 0 Å². The summed E-state index contributed by atoms with van der Waals surface area (Å²) in [5.74, 6) is 0.620. The number of hydrogen-bond donors (Lipinski definition) is 0. The molecule has 2 nitrogen and oxygen atoms in total. The molecule has 1 saturated heterocycles. The van der Waals surface area contributed by atoms with Crippen LogP contribution >= 0.6 is 11.6 Å². The maximum Gasteiger partial charge on any atom is 0.227 e. The van der Waals surface area contributed by atoms with Crippen molar-refractivity contribution in [3.05, 3.63) is 70.7 Å². The van der Waals surface area contributed by atoms with E-state index in [0.717, 1.165) is 31.5 Å². The third-order valence-corrected chi connectivity index (χ3v) is 4.96. The quantitative estimate of drug-likeness (QED) is 0.801. The Hall–Kier alpha value is -1.80. The van der Waals surface area contributed by atoms with Crippen LogP contribution in [-0.2, 0) is 11.2 Å². The molecule has 23 heavy (non-hydrogen) atoms. The van der Waals surface area contributed by atoms with Crippen molar-refractivity contribution in [3.63, 3.8) is 0 Å². The van der Waals surface area contributed by atoms with Crippen LogP contribution in [0.3, 0.4) is 0 Å². The van der Waals surface area contributed by atoms with Crippen molar-refractivity contribution in [2.75, 3.05) is 13.1 Å². The zero-order valence-corrected chi connectivity index (χ0v) is 14.0. The summed E-state index contributed by atoms with van der Waals surface area (Å²) < 4.78 is 0. The average molecular weight is 328 g/mol. The maximum atomic E-state index is 12.7. The van der Waals surface area contributed by atoms with Gasteiger partial charge in [0.15, 0.2) is 0 Å². The Morgan fingerprint density at radius 2 is 1.78 bits per heavy atom. The van der Waals surface area contributed by atoms with Crippen LogP contribution in [0, 0.1) is 0 Å². The number of amides is 1. The highest BCUT2D eigenvalue weighted by Gasteiger charge is 2.23. The Morgan fingerprint density at radius 1 is 1.04 bits per heavy atom. The minimum atomic E-state index is 0.181. The first kappa shape index (κ1) is 16.1. The molecule has 0 N–H and O–H groups in total. The molecule has 0 spiro atoms. The number of carbonyl (C=O) groups is 1. The largest absolute Gasteiger partial charge is 0.342 e. The Kier molecular flexibility index (Phi) is 5.35. The molecule has 1 aliphatic rings. The highest BCUT2D eigenvalue weighted by atomic mass is 35.5. The molecule has 3 rings (SSSR count). The number of nitrogens with zero attached hydrogens (tertiary/aromatic N) is 1. The normalized spacial score (nSPS) is 18.5. The third kappa shape index (κ3) is 4.14. The molecule has 0 aromatic heterocycles. The van der Waals surface area contributed by atoms with Gasteiger partial charge in [-0.3, -0.25) is 4.79 Å². The number of benzene rings is 2. The van der Waals surface area contributed by atoms with Gasteiger partial charge in [-0.15, -0.1) is 0 Å². The molecule has 1 heterocycles. The lowest BCUT2D eigenvalue weighted by Gasteiger charge is -2.25. The van der Waals surface area contributed by atoms with Crippen molar-refractivity contribution in [3.8, 4) is 0 Å². The van der Waals surface area contributed by atoms with E-state index in [1.165, 1.54) is 12.0 Å². The number of rotatable bonds is 3. The van der Waals surface area contributed by atoms with E-state index in [0.29, 0.717) is 17.4 Å². The SMILES string of the molecule is O=C(Cc1ccccc1Cl)N1CCCCC(c2ccccc2)C1. The molecule has 1 fully saturated rings. The molecule has 1 atom stereocenters. The van der Waals surface area contributed by atoms with Crippen molar-refractivity contribution in [2.24, 2.45) is 0 Å². The van der Waals surface area contributed by atoms with Gasteiger partial charge in [0.05, 0.1) is 6.42 Å². The Labute approximate surface area is 143 Å². The number of hydrogen-bond acceptors (Lipinski definition) is 1. The van der Waals surface area contributed by atoms with Crippen molar-refractivity contribution in [2.45, 2.75) is 31.6 Å². The summed E-state index contributed by atoms with van der Waals surface area (Å²) in [5.41, 5.74) is 2.25. The van der Waals surface area contributed by atoms with E-state index in [9.17, 15) is 4.79 Å². The fourth-order valence-corrected chi connectivity index (χ4v) is 3.48. The first-order chi connectivity index (χ1) is 11.2. The minimum absolute atomic E-state index is 0.181. The van der Waals surface area contributed by atoms with Gasteiger partial charge in [0.1, 0.15) is 0 Å². The zero-order valence-electron chi connectivity index (χ0n) is 13.2. The first-order valence-electron chi connectivity index (χ1n) is 8.30. The van der Waals surface area contributed by atoms with E-state index < -0.39 is 0 Å². The topological polar surface area (TPSA) is 20.3 Å². The highest BCUT2D eigenvalue weighted by Crippen LogP contribution is 2.27. The standard InChI is InChI=1S/C20H22ClNO/c21-19-12-5-4-10-17(19)14-20(23)22-13-7-6-11-18(15-22)16-8-2-1-3-9-16/h1-5,8-10,12,18H,6-7,11,13-15H2. The van der Waals surface area contributed by atoms with E-state index in [4.69, 9.17) is 11.6 Å². The van der Waals surface area contributed by atoms with Gasteiger partial charge in [0, 0.05) is 24.0 Å². The second-order valence-electron chi connectivity index (χ2n) is 6.21. The van der Waals surface area contributed by atoms with Crippen LogP contribution in [0.5, 0.6) is 0 Å². The van der Waals surface area contributed by atoms with Gasteiger partial charge < -0.3 is 4.90 Å². The molecule has 0 aliphatic carbocycles. The second kappa shape index (κ2) is 7.65. The molecular weight excluding hydrogens is 306 g/mol. The lowest BCUT2D eigenvalue weighted by molar-refractivity contribution is -0.130. The summed E-state index contributed by atoms with van der Waals surface area (Å²) in [4.78, 5) is 14.7. The maximum absolute atomic E-state index is 12.7. The number of halogens is 1. The van der Waals surface area contributed by atoms with Gasteiger partial charge in [-0.1, -0.05) is 66.6 Å². The Balaban J connectivity index is 1.71. The summed E-state index contributed by atoms with van der Waals surface area (Å²) in [6.07, 6.45) is 3.80.